The van der Waals surface area contributed by atoms with E-state index in [0.717, 1.165) is 5.56 Å². The zero-order chi connectivity index (χ0) is 17.1. The number of nitrogens with one attached hydrogen (secondary N) is 1. The number of anilines is 1. The fourth-order valence-corrected chi connectivity index (χ4v) is 4.88. The van der Waals surface area contributed by atoms with E-state index >= 15 is 0 Å². The van der Waals surface area contributed by atoms with E-state index in [1.807, 2.05) is 38.1 Å². The first kappa shape index (κ1) is 15.0. The molecule has 1 N–H and O–H groups in total. The molecule has 0 aliphatic carbocycles. The molecular formula is C17H16N2O4S. The topological polar surface area (TPSA) is 83.4 Å². The number of aromatic amines is 1. The standard InChI is InChI=1S/C17H16N2O4S/c1-17(2)10-19(14-6-4-3-5-12(14)17)24(21,22)11-7-8-13-15(9-11)23-16(20)18-13/h3-9H,10H2,1-2H3,(H,18,20). The molecule has 3 aromatic rings. The van der Waals surface area contributed by atoms with Crippen LogP contribution in [0.25, 0.3) is 11.1 Å². The fourth-order valence-electron chi connectivity index (χ4n) is 3.22. The Balaban J connectivity index is 1.87. The lowest BCUT2D eigenvalue weighted by atomic mass is 9.87. The molecule has 2 heterocycles. The molecule has 6 nitrogen and oxygen atoms in total. The minimum Gasteiger partial charge on any atom is -0.408 e. The Kier molecular flexibility index (Phi) is 2.96. The van der Waals surface area contributed by atoms with Crippen LogP contribution in [0.4, 0.5) is 5.69 Å². The lowest BCUT2D eigenvalue weighted by Gasteiger charge is -2.22. The summed E-state index contributed by atoms with van der Waals surface area (Å²) < 4.78 is 32.7. The van der Waals surface area contributed by atoms with Gasteiger partial charge in [-0.05, 0) is 23.8 Å². The van der Waals surface area contributed by atoms with Gasteiger partial charge >= 0.3 is 5.76 Å². The lowest BCUT2D eigenvalue weighted by molar-refractivity contribution is 0.550. The van der Waals surface area contributed by atoms with Gasteiger partial charge in [0.1, 0.15) is 0 Å². The normalized spacial score (nSPS) is 16.5. The second-order valence-corrected chi connectivity index (χ2v) is 8.45. The van der Waals surface area contributed by atoms with Crippen molar-refractivity contribution in [2.75, 3.05) is 10.8 Å². The Morgan fingerprint density at radius 2 is 1.92 bits per heavy atom. The molecule has 4 rings (SSSR count). The van der Waals surface area contributed by atoms with Gasteiger partial charge in [-0.1, -0.05) is 32.0 Å². The van der Waals surface area contributed by atoms with Crippen LogP contribution in [0.15, 0.2) is 56.6 Å². The van der Waals surface area contributed by atoms with Crippen molar-refractivity contribution in [1.82, 2.24) is 4.98 Å². The van der Waals surface area contributed by atoms with E-state index in [-0.39, 0.29) is 15.9 Å². The number of oxazole rings is 1. The number of para-hydroxylation sites is 1. The number of hydrogen-bond acceptors (Lipinski definition) is 4. The number of nitrogens with zero attached hydrogens (tertiary/aromatic N) is 1. The van der Waals surface area contributed by atoms with Crippen molar-refractivity contribution in [2.45, 2.75) is 24.2 Å². The average Bonchev–Trinajstić information content (AvgIpc) is 3.04. The Morgan fingerprint density at radius 1 is 1.17 bits per heavy atom. The highest BCUT2D eigenvalue weighted by Crippen LogP contribution is 2.42. The maximum Gasteiger partial charge on any atom is 0.417 e. The fraction of sp³-hybridized carbons (Fsp3) is 0.235. The Hall–Kier alpha value is -2.54. The number of rotatable bonds is 2. The van der Waals surface area contributed by atoms with Gasteiger partial charge in [-0.2, -0.15) is 0 Å². The summed E-state index contributed by atoms with van der Waals surface area (Å²) in [4.78, 5) is 13.9. The summed E-state index contributed by atoms with van der Waals surface area (Å²) in [5, 5.41) is 0. The van der Waals surface area contributed by atoms with Crippen molar-refractivity contribution in [1.29, 1.82) is 0 Å². The molecule has 124 valence electrons. The van der Waals surface area contributed by atoms with Crippen LogP contribution in [0.2, 0.25) is 0 Å². The van der Waals surface area contributed by atoms with Crippen molar-refractivity contribution in [2.24, 2.45) is 0 Å². The molecule has 0 unspecified atom stereocenters. The van der Waals surface area contributed by atoms with Gasteiger partial charge in [-0.25, -0.2) is 13.2 Å². The molecule has 1 aliphatic heterocycles. The van der Waals surface area contributed by atoms with Gasteiger partial charge in [0, 0.05) is 18.0 Å². The third-order valence-electron chi connectivity index (χ3n) is 4.42. The molecule has 7 heteroatoms. The van der Waals surface area contributed by atoms with E-state index in [9.17, 15) is 13.2 Å². The minimum absolute atomic E-state index is 0.102. The van der Waals surface area contributed by atoms with Gasteiger partial charge in [-0.15, -0.1) is 0 Å². The van der Waals surface area contributed by atoms with Crippen LogP contribution in [0.5, 0.6) is 0 Å². The van der Waals surface area contributed by atoms with E-state index in [0.29, 0.717) is 17.7 Å². The number of benzene rings is 2. The van der Waals surface area contributed by atoms with Crippen LogP contribution in [0.3, 0.4) is 0 Å². The van der Waals surface area contributed by atoms with Crippen LogP contribution in [-0.4, -0.2) is 19.9 Å². The quantitative estimate of drug-likeness (QED) is 0.774. The number of fused-ring (bicyclic) bond motifs is 2. The summed E-state index contributed by atoms with van der Waals surface area (Å²) in [5.74, 6) is -0.604. The second kappa shape index (κ2) is 4.73. The molecule has 0 spiro atoms. The predicted molar refractivity (Wildman–Crippen MR) is 90.8 cm³/mol. The molecule has 24 heavy (non-hydrogen) atoms. The van der Waals surface area contributed by atoms with Gasteiger partial charge in [0.05, 0.1) is 16.1 Å². The summed E-state index contributed by atoms with van der Waals surface area (Å²) in [5.41, 5.74) is 2.13. The number of hydrogen-bond donors (Lipinski definition) is 1. The predicted octanol–water partition coefficient (Wildman–Crippen LogP) is 2.61. The van der Waals surface area contributed by atoms with Gasteiger partial charge in [-0.3, -0.25) is 9.29 Å². The first-order valence-electron chi connectivity index (χ1n) is 7.54. The third kappa shape index (κ3) is 2.08. The lowest BCUT2D eigenvalue weighted by Crippen LogP contribution is -2.33. The second-order valence-electron chi connectivity index (χ2n) is 6.59. The highest BCUT2D eigenvalue weighted by molar-refractivity contribution is 7.92. The maximum absolute atomic E-state index is 13.1. The molecule has 1 aromatic heterocycles. The van der Waals surface area contributed by atoms with Crippen LogP contribution in [-0.2, 0) is 15.4 Å². The molecule has 0 amide bonds. The summed E-state index contributed by atoms with van der Waals surface area (Å²) in [6.07, 6.45) is 0. The molecule has 0 saturated carbocycles. The molecule has 0 atom stereocenters. The van der Waals surface area contributed by atoms with Crippen molar-refractivity contribution in [3.8, 4) is 0 Å². The van der Waals surface area contributed by atoms with Crippen LogP contribution in [0, 0.1) is 0 Å². The third-order valence-corrected chi connectivity index (χ3v) is 6.18. The van der Waals surface area contributed by atoms with Gasteiger partial charge < -0.3 is 4.42 Å². The molecular weight excluding hydrogens is 328 g/mol. The smallest absolute Gasteiger partial charge is 0.408 e. The zero-order valence-corrected chi connectivity index (χ0v) is 14.1. The molecule has 2 aromatic carbocycles. The zero-order valence-electron chi connectivity index (χ0n) is 13.2. The summed E-state index contributed by atoms with van der Waals surface area (Å²) in [7, 11) is -3.75. The number of sulfonamides is 1. The van der Waals surface area contributed by atoms with Crippen LogP contribution >= 0.6 is 0 Å². The van der Waals surface area contributed by atoms with Gasteiger partial charge in [0.15, 0.2) is 5.58 Å². The monoisotopic (exact) mass is 344 g/mol. The van der Waals surface area contributed by atoms with E-state index in [1.54, 1.807) is 6.07 Å². The van der Waals surface area contributed by atoms with E-state index in [4.69, 9.17) is 4.42 Å². The summed E-state index contributed by atoms with van der Waals surface area (Å²) >= 11 is 0. The van der Waals surface area contributed by atoms with Crippen molar-refractivity contribution < 1.29 is 12.8 Å². The Labute approximate surface area is 138 Å². The first-order chi connectivity index (χ1) is 11.3. The SMILES string of the molecule is CC1(C)CN(S(=O)(=O)c2ccc3[nH]c(=O)oc3c2)c2ccccc21. The molecule has 0 radical (unpaired) electrons. The van der Waals surface area contributed by atoms with Crippen molar-refractivity contribution in [3.63, 3.8) is 0 Å². The van der Waals surface area contributed by atoms with E-state index in [1.165, 1.54) is 16.4 Å². The molecule has 0 bridgehead atoms. The van der Waals surface area contributed by atoms with Crippen molar-refractivity contribution >= 4 is 26.8 Å². The average molecular weight is 344 g/mol. The first-order valence-corrected chi connectivity index (χ1v) is 8.98. The van der Waals surface area contributed by atoms with Crippen LogP contribution in [0.1, 0.15) is 19.4 Å². The summed E-state index contributed by atoms with van der Waals surface area (Å²) in [6, 6.07) is 11.9. The van der Waals surface area contributed by atoms with E-state index in [2.05, 4.69) is 4.98 Å². The highest BCUT2D eigenvalue weighted by Gasteiger charge is 2.41. The summed E-state index contributed by atoms with van der Waals surface area (Å²) in [6.45, 7) is 4.41. The highest BCUT2D eigenvalue weighted by atomic mass is 32.2. The van der Waals surface area contributed by atoms with E-state index < -0.39 is 15.8 Å². The number of aromatic nitrogens is 1. The Bertz CT molecular complexity index is 1110. The molecule has 0 fully saturated rings. The maximum atomic E-state index is 13.1. The largest absolute Gasteiger partial charge is 0.417 e. The molecule has 0 saturated heterocycles. The Morgan fingerprint density at radius 3 is 2.71 bits per heavy atom. The van der Waals surface area contributed by atoms with Gasteiger partial charge in [0.2, 0.25) is 0 Å². The molecule has 1 aliphatic rings. The van der Waals surface area contributed by atoms with Gasteiger partial charge in [0.25, 0.3) is 10.0 Å². The number of H-pyrrole nitrogens is 1. The van der Waals surface area contributed by atoms with Crippen molar-refractivity contribution in [3.05, 3.63) is 58.6 Å². The van der Waals surface area contributed by atoms with Crippen LogP contribution < -0.4 is 10.1 Å². The minimum atomic E-state index is -3.75.